The predicted octanol–water partition coefficient (Wildman–Crippen LogP) is 3.45. The highest BCUT2D eigenvalue weighted by Crippen LogP contribution is 2.41. The second kappa shape index (κ2) is 12.9. The Labute approximate surface area is 238 Å². The van der Waals surface area contributed by atoms with Crippen LogP contribution in [0, 0.1) is 23.2 Å². The van der Waals surface area contributed by atoms with Crippen molar-refractivity contribution in [2.24, 2.45) is 28.9 Å². The maximum absolute atomic E-state index is 14.3. The van der Waals surface area contributed by atoms with Crippen LogP contribution >= 0.6 is 0 Å². The zero-order valence-corrected chi connectivity index (χ0v) is 25.2. The summed E-state index contributed by atoms with van der Waals surface area (Å²) in [5.41, 5.74) is 4.10. The molecule has 10 nitrogen and oxygen atoms in total. The van der Waals surface area contributed by atoms with Crippen molar-refractivity contribution in [3.05, 3.63) is 0 Å². The number of likely N-dealkylation sites (tertiary alicyclic amines) is 1. The summed E-state index contributed by atoms with van der Waals surface area (Å²) < 4.78 is 5.52. The molecule has 3 fully saturated rings. The van der Waals surface area contributed by atoms with E-state index in [2.05, 4.69) is 10.6 Å². The van der Waals surface area contributed by atoms with Gasteiger partial charge in [0.05, 0.1) is 6.04 Å². The molecule has 0 bridgehead atoms. The molecule has 1 aliphatic heterocycles. The van der Waals surface area contributed by atoms with Crippen LogP contribution < -0.4 is 16.4 Å². The molecule has 1 saturated heterocycles. The SMILES string of the molecule is CC(C)C1CCN(C(=O)[C@@H](NC(=O)OC(C)(C)C)C2(C)CCCCC2)[C@@H]1C(=O)NC(CC1CCC1)C(=O)C(N)=O. The van der Waals surface area contributed by atoms with Gasteiger partial charge in [0.15, 0.2) is 0 Å². The van der Waals surface area contributed by atoms with E-state index in [4.69, 9.17) is 10.5 Å². The first kappa shape index (κ1) is 31.9. The van der Waals surface area contributed by atoms with E-state index in [-0.39, 0.29) is 23.7 Å². The van der Waals surface area contributed by atoms with E-state index in [9.17, 15) is 24.0 Å². The number of hydrogen-bond donors (Lipinski definition) is 3. The third-order valence-corrected chi connectivity index (χ3v) is 9.12. The fourth-order valence-corrected chi connectivity index (χ4v) is 6.59. The van der Waals surface area contributed by atoms with Gasteiger partial charge in [-0.05, 0) is 69.6 Å². The average molecular weight is 563 g/mol. The van der Waals surface area contributed by atoms with E-state index in [1.165, 1.54) is 0 Å². The lowest BCUT2D eigenvalue weighted by molar-refractivity contribution is -0.145. The molecule has 2 unspecified atom stereocenters. The fourth-order valence-electron chi connectivity index (χ4n) is 6.59. The van der Waals surface area contributed by atoms with Gasteiger partial charge in [-0.3, -0.25) is 19.2 Å². The van der Waals surface area contributed by atoms with Crippen molar-refractivity contribution in [1.82, 2.24) is 15.5 Å². The van der Waals surface area contributed by atoms with Crippen LogP contribution in [-0.2, 0) is 23.9 Å². The maximum atomic E-state index is 14.3. The summed E-state index contributed by atoms with van der Waals surface area (Å²) in [6.07, 6.45) is 7.78. The Balaban J connectivity index is 1.89. The van der Waals surface area contributed by atoms with Crippen molar-refractivity contribution in [2.75, 3.05) is 6.54 Å². The molecule has 4 amide bonds. The number of nitrogens with two attached hydrogens (primary N) is 1. The lowest BCUT2D eigenvalue weighted by atomic mass is 9.70. The lowest BCUT2D eigenvalue weighted by Crippen LogP contribution is -2.61. The van der Waals surface area contributed by atoms with Crippen LogP contribution in [0.1, 0.15) is 106 Å². The molecule has 4 N–H and O–H groups in total. The summed E-state index contributed by atoms with van der Waals surface area (Å²) in [6, 6.07) is -2.69. The van der Waals surface area contributed by atoms with Crippen LogP contribution in [0.3, 0.4) is 0 Å². The van der Waals surface area contributed by atoms with Gasteiger partial charge >= 0.3 is 6.09 Å². The topological polar surface area (TPSA) is 148 Å². The highest BCUT2D eigenvalue weighted by Gasteiger charge is 2.50. The first-order chi connectivity index (χ1) is 18.6. The standard InChI is InChI=1S/C30H50N4O6/c1-18(2)20-13-16-34(22(20)26(37)32-21(23(35)25(31)36)17-19-11-10-12-19)27(38)24(30(6)14-8-7-9-15-30)33-28(39)40-29(3,4)5/h18-22,24H,7-17H2,1-6H3,(H2,31,36)(H,32,37)(H,33,39)/t20?,21?,22-,24+/m0/s1. The molecule has 3 rings (SSSR count). The Morgan fingerprint density at radius 2 is 1.60 bits per heavy atom. The van der Waals surface area contributed by atoms with Crippen LogP contribution in [0.25, 0.3) is 0 Å². The molecule has 3 aliphatic rings. The minimum absolute atomic E-state index is 0.0907. The van der Waals surface area contributed by atoms with Crippen molar-refractivity contribution in [3.8, 4) is 0 Å². The van der Waals surface area contributed by atoms with Gasteiger partial charge in [0.2, 0.25) is 17.6 Å². The molecule has 40 heavy (non-hydrogen) atoms. The number of Topliss-reactive ketones (excluding diaryl/α,β-unsaturated/α-hetero) is 1. The molecular weight excluding hydrogens is 512 g/mol. The number of ketones is 1. The summed E-state index contributed by atoms with van der Waals surface area (Å²) >= 11 is 0. The van der Waals surface area contributed by atoms with Gasteiger partial charge in [0.25, 0.3) is 5.91 Å². The van der Waals surface area contributed by atoms with Crippen molar-refractivity contribution in [1.29, 1.82) is 0 Å². The van der Waals surface area contributed by atoms with Gasteiger partial charge < -0.3 is 26.0 Å². The molecule has 0 radical (unpaired) electrons. The van der Waals surface area contributed by atoms with Crippen LogP contribution in [-0.4, -0.2) is 64.8 Å². The Hall–Kier alpha value is -2.65. The molecular formula is C30H50N4O6. The van der Waals surface area contributed by atoms with Crippen LogP contribution in [0.5, 0.6) is 0 Å². The Kier molecular flexibility index (Phi) is 10.3. The number of carbonyl (C=O) groups excluding carboxylic acids is 5. The van der Waals surface area contributed by atoms with Gasteiger partial charge in [-0.15, -0.1) is 0 Å². The second-order valence-corrected chi connectivity index (χ2v) is 13.8. The molecule has 10 heteroatoms. The monoisotopic (exact) mass is 562 g/mol. The maximum Gasteiger partial charge on any atom is 0.408 e. The van der Waals surface area contributed by atoms with E-state index < -0.39 is 52.8 Å². The predicted molar refractivity (Wildman–Crippen MR) is 151 cm³/mol. The number of ether oxygens (including phenoxy) is 1. The molecule has 2 saturated carbocycles. The highest BCUT2D eigenvalue weighted by atomic mass is 16.6. The normalized spacial score (nSPS) is 24.5. The largest absolute Gasteiger partial charge is 0.444 e. The summed E-state index contributed by atoms with van der Waals surface area (Å²) in [7, 11) is 0. The number of primary amides is 1. The average Bonchev–Trinajstić information content (AvgIpc) is 3.28. The van der Waals surface area contributed by atoms with Crippen molar-refractivity contribution >= 4 is 29.6 Å². The summed E-state index contributed by atoms with van der Waals surface area (Å²) in [5, 5.41) is 5.69. The van der Waals surface area contributed by atoms with Crippen molar-refractivity contribution in [2.45, 2.75) is 129 Å². The van der Waals surface area contributed by atoms with Gasteiger partial charge in [-0.25, -0.2) is 4.79 Å². The Bertz CT molecular complexity index is 964. The number of rotatable bonds is 10. The zero-order chi connectivity index (χ0) is 29.8. The number of nitrogens with one attached hydrogen (secondary N) is 2. The molecule has 226 valence electrons. The van der Waals surface area contributed by atoms with Crippen LogP contribution in [0.15, 0.2) is 0 Å². The van der Waals surface area contributed by atoms with Gasteiger partial charge in [-0.1, -0.05) is 59.3 Å². The molecule has 0 aromatic carbocycles. The molecule has 0 aromatic heterocycles. The highest BCUT2D eigenvalue weighted by molar-refractivity contribution is 6.37. The van der Waals surface area contributed by atoms with E-state index in [1.54, 1.807) is 25.7 Å². The van der Waals surface area contributed by atoms with E-state index >= 15 is 0 Å². The first-order valence-corrected chi connectivity index (χ1v) is 15.1. The molecule has 0 aromatic rings. The summed E-state index contributed by atoms with van der Waals surface area (Å²) in [5.74, 6) is -2.44. The van der Waals surface area contributed by atoms with Crippen molar-refractivity contribution < 1.29 is 28.7 Å². The van der Waals surface area contributed by atoms with E-state index in [0.717, 1.165) is 51.4 Å². The number of alkyl carbamates (subject to hydrolysis) is 1. The fraction of sp³-hybridized carbons (Fsp3) is 0.833. The number of carbonyl (C=O) groups is 5. The summed E-state index contributed by atoms with van der Waals surface area (Å²) in [6.45, 7) is 11.7. The quantitative estimate of drug-likeness (QED) is 0.347. The number of nitrogens with zero attached hydrogens (tertiary/aromatic N) is 1. The minimum atomic E-state index is -1.07. The molecule has 1 heterocycles. The number of hydrogen-bond acceptors (Lipinski definition) is 6. The van der Waals surface area contributed by atoms with E-state index in [1.807, 2.05) is 20.8 Å². The first-order valence-electron chi connectivity index (χ1n) is 15.1. The van der Waals surface area contributed by atoms with Gasteiger partial charge in [-0.2, -0.15) is 0 Å². The van der Waals surface area contributed by atoms with Crippen LogP contribution in [0.4, 0.5) is 4.79 Å². The Morgan fingerprint density at radius 1 is 0.975 bits per heavy atom. The summed E-state index contributed by atoms with van der Waals surface area (Å²) in [4.78, 5) is 67.1. The van der Waals surface area contributed by atoms with E-state index in [0.29, 0.717) is 19.4 Å². The number of amides is 4. The van der Waals surface area contributed by atoms with Gasteiger partial charge in [0.1, 0.15) is 17.7 Å². The zero-order valence-electron chi connectivity index (χ0n) is 25.2. The molecule has 2 aliphatic carbocycles. The minimum Gasteiger partial charge on any atom is -0.444 e. The van der Waals surface area contributed by atoms with Crippen LogP contribution in [0.2, 0.25) is 0 Å². The molecule has 4 atom stereocenters. The van der Waals surface area contributed by atoms with Crippen molar-refractivity contribution in [3.63, 3.8) is 0 Å². The lowest BCUT2D eigenvalue weighted by Gasteiger charge is -2.42. The van der Waals surface area contributed by atoms with Gasteiger partial charge in [0, 0.05) is 6.54 Å². The third kappa shape index (κ3) is 7.75. The third-order valence-electron chi connectivity index (χ3n) is 9.12. The Morgan fingerprint density at radius 3 is 2.10 bits per heavy atom. The second-order valence-electron chi connectivity index (χ2n) is 13.8. The smallest absolute Gasteiger partial charge is 0.408 e. The molecule has 0 spiro atoms.